The van der Waals surface area contributed by atoms with Gasteiger partial charge in [0, 0.05) is 17.8 Å². The predicted molar refractivity (Wildman–Crippen MR) is 192 cm³/mol. The molecule has 0 spiro atoms. The van der Waals surface area contributed by atoms with Crippen molar-refractivity contribution in [3.8, 4) is 46.0 Å². The second-order valence-electron chi connectivity index (χ2n) is 11.9. The first-order valence-electron chi connectivity index (χ1n) is 15.7. The van der Waals surface area contributed by atoms with E-state index in [0.717, 1.165) is 5.56 Å². The topological polar surface area (TPSA) is 143 Å². The maximum atomic E-state index is 13.9. The van der Waals surface area contributed by atoms with Crippen LogP contribution in [0, 0.1) is 0 Å². The number of para-hydroxylation sites is 2. The van der Waals surface area contributed by atoms with E-state index in [4.69, 9.17) is 33.7 Å². The standard InChI is InChI=1S/C37H39N5O7S/c1-37(2,3)25-14-16-28(17-15-25)50(44)42-35-33(49-30-12-8-7-11-29(30)47-6)36(48-20-18-32(43)39-31-13-9-10-19-38-31)41-34(40-35)24-21-26(45-4)23-27(22-24)46-5/h7-17,19,21-23H,18,20H2,1-6H3,(H,38,39,43)(H,40,41,42). The van der Waals surface area contributed by atoms with Gasteiger partial charge >= 0.3 is 0 Å². The Morgan fingerprint density at radius 2 is 1.50 bits per heavy atom. The third-order valence-corrected chi connectivity index (χ3v) is 8.43. The van der Waals surface area contributed by atoms with Crippen LogP contribution in [0.2, 0.25) is 0 Å². The van der Waals surface area contributed by atoms with Crippen molar-refractivity contribution in [1.29, 1.82) is 0 Å². The molecule has 0 radical (unpaired) electrons. The Balaban J connectivity index is 1.58. The largest absolute Gasteiger partial charge is 0.497 e. The highest BCUT2D eigenvalue weighted by atomic mass is 32.2. The van der Waals surface area contributed by atoms with Crippen molar-refractivity contribution in [1.82, 2.24) is 15.0 Å². The Kier molecular flexibility index (Phi) is 11.5. The number of carbonyl (C=O) groups is 1. The molecule has 50 heavy (non-hydrogen) atoms. The molecule has 1 amide bonds. The van der Waals surface area contributed by atoms with E-state index >= 15 is 0 Å². The predicted octanol–water partition coefficient (Wildman–Crippen LogP) is 7.20. The van der Waals surface area contributed by atoms with Gasteiger partial charge in [-0.05, 0) is 59.5 Å². The summed E-state index contributed by atoms with van der Waals surface area (Å²) in [5.74, 6) is 2.12. The highest BCUT2D eigenvalue weighted by Gasteiger charge is 2.24. The van der Waals surface area contributed by atoms with Gasteiger partial charge < -0.3 is 29.0 Å². The molecule has 0 bridgehead atoms. The van der Waals surface area contributed by atoms with Gasteiger partial charge in [-0.3, -0.25) is 9.52 Å². The van der Waals surface area contributed by atoms with Crippen LogP contribution in [0.3, 0.4) is 0 Å². The number of amides is 1. The molecule has 0 aliphatic carbocycles. The van der Waals surface area contributed by atoms with Crippen LogP contribution >= 0.6 is 0 Å². The van der Waals surface area contributed by atoms with Crippen LogP contribution in [-0.4, -0.2) is 53.0 Å². The first-order valence-corrected chi connectivity index (χ1v) is 16.8. The third-order valence-electron chi connectivity index (χ3n) is 7.35. The number of hydrogen-bond donors (Lipinski definition) is 2. The molecule has 5 aromatic rings. The van der Waals surface area contributed by atoms with Crippen LogP contribution in [-0.2, 0) is 21.2 Å². The molecular weight excluding hydrogens is 659 g/mol. The molecule has 2 heterocycles. The lowest BCUT2D eigenvalue weighted by atomic mass is 9.87. The Hall–Kier alpha value is -5.69. The number of methoxy groups -OCH3 is 3. The maximum Gasteiger partial charge on any atom is 0.263 e. The average molecular weight is 698 g/mol. The van der Waals surface area contributed by atoms with E-state index < -0.39 is 11.0 Å². The second-order valence-corrected chi connectivity index (χ2v) is 13.1. The summed E-state index contributed by atoms with van der Waals surface area (Å²) in [6.45, 7) is 6.24. The molecule has 1 atom stereocenters. The smallest absolute Gasteiger partial charge is 0.263 e. The van der Waals surface area contributed by atoms with Crippen LogP contribution in [0.25, 0.3) is 11.4 Å². The lowest BCUT2D eigenvalue weighted by molar-refractivity contribution is -0.116. The molecular formula is C37H39N5O7S. The van der Waals surface area contributed by atoms with Crippen LogP contribution in [0.5, 0.6) is 34.6 Å². The molecule has 2 N–H and O–H groups in total. The molecule has 12 nitrogen and oxygen atoms in total. The number of aromatic nitrogens is 3. The van der Waals surface area contributed by atoms with Gasteiger partial charge in [0.1, 0.15) is 17.3 Å². The van der Waals surface area contributed by atoms with Crippen LogP contribution in [0.1, 0.15) is 32.8 Å². The molecule has 13 heteroatoms. The summed E-state index contributed by atoms with van der Waals surface area (Å²) in [6, 6.07) is 24.9. The molecule has 1 unspecified atom stereocenters. The molecule has 0 saturated heterocycles. The lowest BCUT2D eigenvalue weighted by Crippen LogP contribution is -2.17. The zero-order valence-corrected chi connectivity index (χ0v) is 29.5. The van der Waals surface area contributed by atoms with E-state index in [1.165, 1.54) is 21.3 Å². The second kappa shape index (κ2) is 16.1. The maximum absolute atomic E-state index is 13.9. The quantitative estimate of drug-likeness (QED) is 0.122. The zero-order chi connectivity index (χ0) is 35.7. The highest BCUT2D eigenvalue weighted by Crippen LogP contribution is 2.42. The minimum Gasteiger partial charge on any atom is -0.497 e. The Bertz CT molecular complexity index is 1930. The zero-order valence-electron chi connectivity index (χ0n) is 28.7. The fourth-order valence-electron chi connectivity index (χ4n) is 4.68. The van der Waals surface area contributed by atoms with Crippen LogP contribution in [0.15, 0.2) is 96.0 Å². The van der Waals surface area contributed by atoms with Crippen molar-refractivity contribution in [3.63, 3.8) is 0 Å². The monoisotopic (exact) mass is 697 g/mol. The van der Waals surface area contributed by atoms with Crippen molar-refractivity contribution in [3.05, 3.63) is 96.7 Å². The lowest BCUT2D eigenvalue weighted by Gasteiger charge is -2.20. The molecule has 0 saturated carbocycles. The fraction of sp³-hybridized carbons (Fsp3) is 0.243. The fourth-order valence-corrected chi connectivity index (χ4v) is 5.49. The molecule has 5 rings (SSSR count). The molecule has 3 aromatic carbocycles. The van der Waals surface area contributed by atoms with Gasteiger partial charge in [-0.15, -0.1) is 0 Å². The molecule has 0 aliphatic rings. The van der Waals surface area contributed by atoms with Gasteiger partial charge in [-0.2, -0.15) is 4.98 Å². The van der Waals surface area contributed by atoms with E-state index in [2.05, 4.69) is 35.8 Å². The molecule has 0 aliphatic heterocycles. The van der Waals surface area contributed by atoms with Gasteiger partial charge in [0.2, 0.25) is 11.7 Å². The number of rotatable bonds is 14. The summed E-state index contributed by atoms with van der Waals surface area (Å²) >= 11 is 0. The Morgan fingerprint density at radius 3 is 2.12 bits per heavy atom. The van der Waals surface area contributed by atoms with Crippen molar-refractivity contribution in [2.75, 3.05) is 38.0 Å². The third kappa shape index (κ3) is 9.05. The molecule has 2 aromatic heterocycles. The van der Waals surface area contributed by atoms with Crippen molar-refractivity contribution < 1.29 is 32.7 Å². The number of benzene rings is 3. The molecule has 260 valence electrons. The number of nitrogens with zero attached hydrogens (tertiary/aromatic N) is 3. The number of hydrogen-bond acceptors (Lipinski definition) is 10. The number of nitrogens with one attached hydrogen (secondary N) is 2. The van der Waals surface area contributed by atoms with E-state index in [1.807, 2.05) is 12.1 Å². The van der Waals surface area contributed by atoms with E-state index in [1.54, 1.807) is 79.0 Å². The minimum atomic E-state index is -1.79. The minimum absolute atomic E-state index is 0.0177. The number of pyridine rings is 1. The number of carbonyl (C=O) groups excluding carboxylic acids is 1. The van der Waals surface area contributed by atoms with E-state index in [-0.39, 0.29) is 47.6 Å². The van der Waals surface area contributed by atoms with Crippen molar-refractivity contribution in [2.24, 2.45) is 0 Å². The summed E-state index contributed by atoms with van der Waals surface area (Å²) in [6.07, 6.45) is 1.55. The summed E-state index contributed by atoms with van der Waals surface area (Å²) < 4.78 is 45.9. The van der Waals surface area contributed by atoms with Gasteiger partial charge in [0.15, 0.2) is 34.1 Å². The van der Waals surface area contributed by atoms with Gasteiger partial charge in [-0.25, -0.2) is 14.2 Å². The first kappa shape index (κ1) is 35.6. The average Bonchev–Trinajstić information content (AvgIpc) is 3.12. The summed E-state index contributed by atoms with van der Waals surface area (Å²) in [5.41, 5.74) is 1.53. The highest BCUT2D eigenvalue weighted by molar-refractivity contribution is 7.86. The summed E-state index contributed by atoms with van der Waals surface area (Å²) in [7, 11) is 2.80. The van der Waals surface area contributed by atoms with Gasteiger partial charge in [-0.1, -0.05) is 51.1 Å². The SMILES string of the molecule is COc1cc(OC)cc(-c2nc(NS(=O)c3ccc(C(C)(C)C)cc3)c(Oc3ccccc3OC)c(OCCC(=O)Nc3ccccn3)n2)c1. The van der Waals surface area contributed by atoms with Gasteiger partial charge in [0.25, 0.3) is 5.88 Å². The van der Waals surface area contributed by atoms with Gasteiger partial charge in [0.05, 0.1) is 39.3 Å². The Labute approximate surface area is 293 Å². The first-order chi connectivity index (χ1) is 24.1. The number of anilines is 2. The van der Waals surface area contributed by atoms with Crippen LogP contribution in [0.4, 0.5) is 11.6 Å². The van der Waals surface area contributed by atoms with E-state index in [0.29, 0.717) is 39.3 Å². The van der Waals surface area contributed by atoms with E-state index in [9.17, 15) is 9.00 Å². The normalized spacial score (nSPS) is 11.6. The van der Waals surface area contributed by atoms with Crippen molar-refractivity contribution >= 4 is 28.5 Å². The Morgan fingerprint density at radius 1 is 0.820 bits per heavy atom. The van der Waals surface area contributed by atoms with Crippen molar-refractivity contribution in [2.45, 2.75) is 37.5 Å². The molecule has 0 fully saturated rings. The summed E-state index contributed by atoms with van der Waals surface area (Å²) in [5, 5.41) is 2.74. The number of ether oxygens (including phenoxy) is 5. The summed E-state index contributed by atoms with van der Waals surface area (Å²) in [4.78, 5) is 26.9. The van der Waals surface area contributed by atoms with Crippen LogP contribution < -0.4 is 33.7 Å².